The number of urea groups is 1. The average molecular weight is 299 g/mol. The Morgan fingerprint density at radius 1 is 1.43 bits per heavy atom. The van der Waals surface area contributed by atoms with Crippen molar-refractivity contribution in [3.05, 3.63) is 0 Å². The van der Waals surface area contributed by atoms with Gasteiger partial charge in [0.05, 0.1) is 6.61 Å². The second-order valence-corrected chi connectivity index (χ2v) is 5.32. The number of fused-ring (bicyclic) bond motifs is 1. The fourth-order valence-electron chi connectivity index (χ4n) is 2.85. The van der Waals surface area contributed by atoms with Crippen molar-refractivity contribution in [2.45, 2.75) is 18.9 Å². The average Bonchev–Trinajstić information content (AvgIpc) is 2.83. The highest BCUT2D eigenvalue weighted by Gasteiger charge is 2.38. The summed E-state index contributed by atoms with van der Waals surface area (Å²) in [6.45, 7) is 1.65. The largest absolute Gasteiger partial charge is 0.480 e. The van der Waals surface area contributed by atoms with E-state index in [0.29, 0.717) is 32.7 Å². The van der Waals surface area contributed by atoms with Gasteiger partial charge in [-0.25, -0.2) is 4.79 Å². The molecule has 118 valence electrons. The van der Waals surface area contributed by atoms with Gasteiger partial charge in [0, 0.05) is 45.8 Å². The summed E-state index contributed by atoms with van der Waals surface area (Å²) < 4.78 is 4.92. The zero-order valence-corrected chi connectivity index (χ0v) is 12.2. The van der Waals surface area contributed by atoms with Crippen LogP contribution >= 0.6 is 0 Å². The van der Waals surface area contributed by atoms with Crippen LogP contribution in [0.5, 0.6) is 0 Å². The van der Waals surface area contributed by atoms with Gasteiger partial charge in [-0.1, -0.05) is 0 Å². The molecule has 2 heterocycles. The number of rotatable bonds is 5. The molecule has 0 saturated carbocycles. The third-order valence-electron chi connectivity index (χ3n) is 3.93. The Morgan fingerprint density at radius 3 is 2.86 bits per heavy atom. The zero-order chi connectivity index (χ0) is 15.4. The Hall–Kier alpha value is -1.83. The monoisotopic (exact) mass is 299 g/mol. The Kier molecular flexibility index (Phi) is 5.00. The number of aliphatic carboxylic acids is 1. The third-order valence-corrected chi connectivity index (χ3v) is 3.93. The van der Waals surface area contributed by atoms with Gasteiger partial charge in [-0.3, -0.25) is 9.59 Å². The van der Waals surface area contributed by atoms with Crippen LogP contribution in [0.25, 0.3) is 0 Å². The normalized spacial score (nSPS) is 21.4. The summed E-state index contributed by atoms with van der Waals surface area (Å²) in [5.74, 6) is -0.900. The number of carbonyl (C=O) groups excluding carboxylic acids is 2. The van der Waals surface area contributed by atoms with E-state index in [1.807, 2.05) is 4.90 Å². The van der Waals surface area contributed by atoms with Gasteiger partial charge in [0.2, 0.25) is 5.91 Å². The van der Waals surface area contributed by atoms with E-state index in [2.05, 4.69) is 0 Å². The lowest BCUT2D eigenvalue weighted by atomic mass is 10.1. The van der Waals surface area contributed by atoms with Gasteiger partial charge >= 0.3 is 12.0 Å². The van der Waals surface area contributed by atoms with Crippen molar-refractivity contribution < 1.29 is 24.2 Å². The minimum Gasteiger partial charge on any atom is -0.480 e. The summed E-state index contributed by atoms with van der Waals surface area (Å²) in [5.41, 5.74) is 0. The predicted molar refractivity (Wildman–Crippen MR) is 72.8 cm³/mol. The number of ether oxygens (including phenoxy) is 1. The van der Waals surface area contributed by atoms with Gasteiger partial charge < -0.3 is 24.5 Å². The van der Waals surface area contributed by atoms with Crippen molar-refractivity contribution in [1.29, 1.82) is 0 Å². The molecule has 21 heavy (non-hydrogen) atoms. The quantitative estimate of drug-likeness (QED) is 0.735. The van der Waals surface area contributed by atoms with Crippen molar-refractivity contribution >= 4 is 17.9 Å². The molecular formula is C13H21N3O5. The van der Waals surface area contributed by atoms with Crippen LogP contribution in [-0.2, 0) is 14.3 Å². The second kappa shape index (κ2) is 6.75. The highest BCUT2D eigenvalue weighted by Crippen LogP contribution is 2.23. The van der Waals surface area contributed by atoms with Crippen LogP contribution in [0.3, 0.4) is 0 Å². The summed E-state index contributed by atoms with van der Waals surface area (Å²) in [6, 6.07) is -0.224. The number of amides is 3. The minimum atomic E-state index is -1.05. The first-order valence-corrected chi connectivity index (χ1v) is 7.07. The van der Waals surface area contributed by atoms with E-state index in [1.165, 1.54) is 12.0 Å². The molecule has 1 unspecified atom stereocenters. The summed E-state index contributed by atoms with van der Waals surface area (Å²) in [7, 11) is 1.51. The highest BCUT2D eigenvalue weighted by molar-refractivity contribution is 5.82. The van der Waals surface area contributed by atoms with Crippen LogP contribution in [0.15, 0.2) is 0 Å². The van der Waals surface area contributed by atoms with Gasteiger partial charge in [-0.2, -0.15) is 0 Å². The molecule has 0 aromatic heterocycles. The molecule has 2 rings (SSSR count). The van der Waals surface area contributed by atoms with E-state index in [-0.39, 0.29) is 31.1 Å². The van der Waals surface area contributed by atoms with Crippen molar-refractivity contribution in [3.63, 3.8) is 0 Å². The lowest BCUT2D eigenvalue weighted by Gasteiger charge is -2.39. The molecule has 8 heteroatoms. The Morgan fingerprint density at radius 2 is 2.19 bits per heavy atom. The number of nitrogens with zero attached hydrogens (tertiary/aromatic N) is 3. The molecule has 2 fully saturated rings. The van der Waals surface area contributed by atoms with Gasteiger partial charge in [0.15, 0.2) is 0 Å². The molecule has 0 bridgehead atoms. The molecule has 2 aliphatic rings. The molecule has 2 aliphatic heterocycles. The van der Waals surface area contributed by atoms with Gasteiger partial charge in [-0.05, 0) is 6.42 Å². The first kappa shape index (κ1) is 15.6. The molecule has 1 N–H and O–H groups in total. The number of hydrogen-bond donors (Lipinski definition) is 1. The molecule has 8 nitrogen and oxygen atoms in total. The van der Waals surface area contributed by atoms with Crippen LogP contribution in [0.2, 0.25) is 0 Å². The molecule has 2 saturated heterocycles. The molecule has 0 aromatic rings. The third kappa shape index (κ3) is 3.63. The van der Waals surface area contributed by atoms with Crippen molar-refractivity contribution in [2.75, 3.05) is 46.4 Å². The van der Waals surface area contributed by atoms with Crippen molar-refractivity contribution in [2.24, 2.45) is 0 Å². The van der Waals surface area contributed by atoms with E-state index < -0.39 is 5.97 Å². The van der Waals surface area contributed by atoms with E-state index in [4.69, 9.17) is 9.84 Å². The number of piperazine rings is 1. The van der Waals surface area contributed by atoms with Crippen LogP contribution in [0, 0.1) is 0 Å². The van der Waals surface area contributed by atoms with Gasteiger partial charge in [0.1, 0.15) is 6.54 Å². The van der Waals surface area contributed by atoms with Crippen molar-refractivity contribution in [3.8, 4) is 0 Å². The fraction of sp³-hybridized carbons (Fsp3) is 0.769. The van der Waals surface area contributed by atoms with E-state index in [9.17, 15) is 14.4 Å². The molecule has 1 atom stereocenters. The standard InChI is InChI=1S/C13H21N3O5/c1-21-7-6-15(9-12(18)19)13(20)14-4-5-16-10(8-14)2-3-11(16)17/h10H,2-9H2,1H3,(H,18,19). The topological polar surface area (TPSA) is 90.4 Å². The molecular weight excluding hydrogens is 278 g/mol. The summed E-state index contributed by atoms with van der Waals surface area (Å²) >= 11 is 0. The van der Waals surface area contributed by atoms with Crippen LogP contribution in [0.4, 0.5) is 4.79 Å². The summed E-state index contributed by atoms with van der Waals surface area (Å²) in [6.07, 6.45) is 1.30. The number of methoxy groups -OCH3 is 1. The van der Waals surface area contributed by atoms with E-state index in [0.717, 1.165) is 6.42 Å². The molecule has 0 spiro atoms. The highest BCUT2D eigenvalue weighted by atomic mass is 16.5. The Bertz CT molecular complexity index is 428. The SMILES string of the molecule is COCCN(CC(=O)O)C(=O)N1CCN2C(=O)CCC2C1. The lowest BCUT2D eigenvalue weighted by molar-refractivity contribution is -0.137. The number of carboxylic acids is 1. The predicted octanol–water partition coefficient (Wildman–Crippen LogP) is -0.554. The summed E-state index contributed by atoms with van der Waals surface area (Å²) in [5, 5.41) is 8.91. The van der Waals surface area contributed by atoms with Gasteiger partial charge in [-0.15, -0.1) is 0 Å². The van der Waals surface area contributed by atoms with E-state index >= 15 is 0 Å². The number of hydrogen-bond acceptors (Lipinski definition) is 4. The second-order valence-electron chi connectivity index (χ2n) is 5.32. The van der Waals surface area contributed by atoms with Crippen LogP contribution in [-0.4, -0.2) is 90.2 Å². The number of carboxylic acid groups (broad SMARTS) is 1. The van der Waals surface area contributed by atoms with Crippen LogP contribution < -0.4 is 0 Å². The maximum atomic E-state index is 12.4. The minimum absolute atomic E-state index is 0.0734. The molecule has 3 amide bonds. The van der Waals surface area contributed by atoms with Crippen molar-refractivity contribution in [1.82, 2.24) is 14.7 Å². The Labute approximate surface area is 123 Å². The smallest absolute Gasteiger partial charge is 0.323 e. The lowest BCUT2D eigenvalue weighted by Crippen LogP contribution is -2.57. The molecule has 0 aliphatic carbocycles. The number of carbonyl (C=O) groups is 3. The molecule has 0 radical (unpaired) electrons. The maximum Gasteiger partial charge on any atom is 0.323 e. The fourth-order valence-corrected chi connectivity index (χ4v) is 2.85. The first-order chi connectivity index (χ1) is 10.0. The van der Waals surface area contributed by atoms with Gasteiger partial charge in [0.25, 0.3) is 0 Å². The Balaban J connectivity index is 1.96. The molecule has 0 aromatic carbocycles. The summed E-state index contributed by atoms with van der Waals surface area (Å²) in [4.78, 5) is 39.7. The zero-order valence-electron chi connectivity index (χ0n) is 12.2. The maximum absolute atomic E-state index is 12.4. The van der Waals surface area contributed by atoms with E-state index in [1.54, 1.807) is 4.90 Å². The van der Waals surface area contributed by atoms with Crippen LogP contribution in [0.1, 0.15) is 12.8 Å². The first-order valence-electron chi connectivity index (χ1n) is 7.07.